The average Bonchev–Trinajstić information content (AvgIpc) is 2.66. The number of hydrogen-bond acceptors (Lipinski definition) is 6. The fraction of sp³-hybridized carbons (Fsp3) is 0.400. The molecule has 1 N–H and O–H groups in total. The maximum atomic E-state index is 4.25. The Labute approximate surface area is 118 Å². The summed E-state index contributed by atoms with van der Waals surface area (Å²) in [5, 5.41) is 12.9. The second-order valence-corrected chi connectivity index (χ2v) is 5.31. The van der Waals surface area contributed by atoms with Gasteiger partial charge in [0, 0.05) is 13.6 Å². The molecule has 0 unspecified atom stereocenters. The van der Waals surface area contributed by atoms with Crippen molar-refractivity contribution in [1.29, 1.82) is 0 Å². The summed E-state index contributed by atoms with van der Waals surface area (Å²) in [4.78, 5) is 8.42. The molecular weight excluding hydrogens is 316 g/mol. The molecule has 0 aliphatic carbocycles. The molecule has 0 spiro atoms. The minimum absolute atomic E-state index is 0.786. The first kappa shape index (κ1) is 13.3. The highest BCUT2D eigenvalue weighted by Gasteiger charge is 2.13. The van der Waals surface area contributed by atoms with Crippen LogP contribution < -0.4 is 5.32 Å². The first-order chi connectivity index (χ1) is 8.63. The van der Waals surface area contributed by atoms with E-state index in [9.17, 15) is 0 Å². The first-order valence-electron chi connectivity index (χ1n) is 5.41. The van der Waals surface area contributed by atoms with Crippen LogP contribution in [0.15, 0.2) is 21.0 Å². The number of aryl methyl sites for hydroxylation is 1. The van der Waals surface area contributed by atoms with E-state index < -0.39 is 0 Å². The van der Waals surface area contributed by atoms with E-state index >= 15 is 0 Å². The molecule has 0 amide bonds. The van der Waals surface area contributed by atoms with Crippen molar-refractivity contribution in [2.45, 2.75) is 24.0 Å². The number of hydrogen-bond donors (Lipinski definition) is 1. The number of anilines is 1. The Morgan fingerprint density at radius 3 is 2.78 bits per heavy atom. The molecule has 2 rings (SSSR count). The van der Waals surface area contributed by atoms with Crippen LogP contribution in [-0.2, 0) is 7.05 Å². The van der Waals surface area contributed by atoms with Crippen molar-refractivity contribution in [2.24, 2.45) is 7.05 Å². The van der Waals surface area contributed by atoms with Crippen molar-refractivity contribution in [1.82, 2.24) is 24.7 Å². The highest BCUT2D eigenvalue weighted by Crippen LogP contribution is 2.33. The summed E-state index contributed by atoms with van der Waals surface area (Å²) in [5.41, 5.74) is 0. The molecule has 96 valence electrons. The van der Waals surface area contributed by atoms with E-state index in [1.165, 1.54) is 18.1 Å². The van der Waals surface area contributed by atoms with Gasteiger partial charge in [0.1, 0.15) is 23.0 Å². The number of aromatic nitrogens is 5. The summed E-state index contributed by atoms with van der Waals surface area (Å²) in [7, 11) is 1.93. The van der Waals surface area contributed by atoms with Crippen LogP contribution in [0.25, 0.3) is 0 Å². The van der Waals surface area contributed by atoms with Gasteiger partial charge in [-0.05, 0) is 41.5 Å². The summed E-state index contributed by atoms with van der Waals surface area (Å²) in [6, 6.07) is 0. The van der Waals surface area contributed by atoms with Crippen molar-refractivity contribution in [2.75, 3.05) is 11.9 Å². The summed E-state index contributed by atoms with van der Waals surface area (Å²) < 4.78 is 2.77. The third kappa shape index (κ3) is 2.64. The predicted octanol–water partition coefficient (Wildman–Crippen LogP) is 2.26. The second-order valence-electron chi connectivity index (χ2n) is 3.56. The van der Waals surface area contributed by atoms with Gasteiger partial charge in [-0.2, -0.15) is 0 Å². The fourth-order valence-electron chi connectivity index (χ4n) is 1.28. The lowest BCUT2D eigenvalue weighted by molar-refractivity contribution is 0.764. The van der Waals surface area contributed by atoms with E-state index in [1.807, 2.05) is 25.5 Å². The van der Waals surface area contributed by atoms with Crippen molar-refractivity contribution in [3.63, 3.8) is 0 Å². The third-order valence-electron chi connectivity index (χ3n) is 2.34. The zero-order valence-corrected chi connectivity index (χ0v) is 12.7. The van der Waals surface area contributed by atoms with Gasteiger partial charge in [-0.25, -0.2) is 9.97 Å². The van der Waals surface area contributed by atoms with E-state index in [-0.39, 0.29) is 0 Å². The molecule has 0 aromatic carbocycles. The molecule has 2 aromatic rings. The van der Waals surface area contributed by atoms with Crippen molar-refractivity contribution in [3.8, 4) is 0 Å². The first-order valence-corrected chi connectivity index (χ1v) is 7.02. The Balaban J connectivity index is 2.29. The molecular formula is C10H13BrN6S. The van der Waals surface area contributed by atoms with E-state index in [0.29, 0.717) is 0 Å². The lowest BCUT2D eigenvalue weighted by Gasteiger charge is -2.07. The van der Waals surface area contributed by atoms with Gasteiger partial charge in [-0.3, -0.25) is 0 Å². The molecule has 2 aromatic heterocycles. The minimum atomic E-state index is 0.786. The van der Waals surface area contributed by atoms with E-state index in [2.05, 4.69) is 41.4 Å². The normalized spacial score (nSPS) is 10.7. The lowest BCUT2D eigenvalue weighted by Crippen LogP contribution is -2.02. The molecule has 2 heterocycles. The van der Waals surface area contributed by atoms with Crippen LogP contribution in [0.1, 0.15) is 12.7 Å². The number of nitrogens with zero attached hydrogens (tertiary/aromatic N) is 5. The van der Waals surface area contributed by atoms with Gasteiger partial charge in [-0.1, -0.05) is 0 Å². The van der Waals surface area contributed by atoms with Crippen LogP contribution in [0.3, 0.4) is 0 Å². The number of rotatable bonds is 4. The monoisotopic (exact) mass is 328 g/mol. The van der Waals surface area contributed by atoms with Crippen molar-refractivity contribution >= 4 is 33.5 Å². The highest BCUT2D eigenvalue weighted by atomic mass is 79.9. The van der Waals surface area contributed by atoms with Crippen LogP contribution in [-0.4, -0.2) is 31.3 Å². The minimum Gasteiger partial charge on any atom is -0.369 e. The molecule has 0 saturated heterocycles. The third-order valence-corrected chi connectivity index (χ3v) is 4.40. The summed E-state index contributed by atoms with van der Waals surface area (Å²) in [5.74, 6) is 1.66. The smallest absolute Gasteiger partial charge is 0.197 e. The lowest BCUT2D eigenvalue weighted by atomic mass is 10.5. The summed E-state index contributed by atoms with van der Waals surface area (Å²) in [6.45, 7) is 4.74. The Hall–Kier alpha value is -1.15. The fourth-order valence-corrected chi connectivity index (χ4v) is 2.68. The van der Waals surface area contributed by atoms with Crippen LogP contribution >= 0.6 is 27.7 Å². The Kier molecular flexibility index (Phi) is 4.18. The van der Waals surface area contributed by atoms with Crippen LogP contribution in [0.2, 0.25) is 0 Å². The predicted molar refractivity (Wildman–Crippen MR) is 73.8 cm³/mol. The number of halogens is 1. The maximum absolute atomic E-state index is 4.25. The molecule has 0 aliphatic heterocycles. The molecule has 0 aliphatic rings. The SMILES string of the molecule is CCNc1ncnc(Sc2nnc(C)n2C)c1Br. The second kappa shape index (κ2) is 5.66. The number of nitrogens with one attached hydrogen (secondary N) is 1. The van der Waals surface area contributed by atoms with Gasteiger partial charge in [0.25, 0.3) is 0 Å². The van der Waals surface area contributed by atoms with Crippen LogP contribution in [0, 0.1) is 6.92 Å². The molecule has 18 heavy (non-hydrogen) atoms. The van der Waals surface area contributed by atoms with Gasteiger partial charge in [-0.15, -0.1) is 10.2 Å². The molecule has 0 saturated carbocycles. The van der Waals surface area contributed by atoms with E-state index in [1.54, 1.807) is 0 Å². The average molecular weight is 329 g/mol. The van der Waals surface area contributed by atoms with Crippen LogP contribution in [0.5, 0.6) is 0 Å². The van der Waals surface area contributed by atoms with Crippen molar-refractivity contribution in [3.05, 3.63) is 16.6 Å². The largest absolute Gasteiger partial charge is 0.369 e. The molecule has 0 fully saturated rings. The molecule has 0 radical (unpaired) electrons. The van der Waals surface area contributed by atoms with Gasteiger partial charge < -0.3 is 9.88 Å². The molecule has 8 heteroatoms. The standard InChI is InChI=1S/C10H13BrN6S/c1-4-12-8-7(11)9(14-5-13-8)18-10-16-15-6(2)17(10)3/h5H,4H2,1-3H3,(H,12,13,14). The topological polar surface area (TPSA) is 68.5 Å². The van der Waals surface area contributed by atoms with Crippen LogP contribution in [0.4, 0.5) is 5.82 Å². The zero-order valence-electron chi connectivity index (χ0n) is 10.3. The quantitative estimate of drug-likeness (QED) is 0.868. The maximum Gasteiger partial charge on any atom is 0.197 e. The van der Waals surface area contributed by atoms with Gasteiger partial charge in [0.15, 0.2) is 5.16 Å². The molecule has 0 atom stereocenters. The summed E-state index contributed by atoms with van der Waals surface area (Å²) in [6.07, 6.45) is 1.54. The Morgan fingerprint density at radius 1 is 1.39 bits per heavy atom. The van der Waals surface area contributed by atoms with Gasteiger partial charge in [0.05, 0.1) is 4.47 Å². The molecule has 6 nitrogen and oxygen atoms in total. The van der Waals surface area contributed by atoms with E-state index in [0.717, 1.165) is 32.8 Å². The highest BCUT2D eigenvalue weighted by molar-refractivity contribution is 9.10. The Morgan fingerprint density at radius 2 is 2.17 bits per heavy atom. The van der Waals surface area contributed by atoms with Crippen molar-refractivity contribution < 1.29 is 0 Å². The Bertz CT molecular complexity index is 555. The van der Waals surface area contributed by atoms with Gasteiger partial charge in [0.2, 0.25) is 0 Å². The van der Waals surface area contributed by atoms with E-state index in [4.69, 9.17) is 0 Å². The molecule has 0 bridgehead atoms. The van der Waals surface area contributed by atoms with Gasteiger partial charge >= 0.3 is 0 Å². The summed E-state index contributed by atoms with van der Waals surface area (Å²) >= 11 is 4.96. The zero-order chi connectivity index (χ0) is 13.1.